The molecule has 4 nitrogen and oxygen atoms in total. The first-order chi connectivity index (χ1) is 11.6. The van der Waals surface area contributed by atoms with Gasteiger partial charge in [-0.1, -0.05) is 23.8 Å². The van der Waals surface area contributed by atoms with E-state index >= 15 is 0 Å². The topological polar surface area (TPSA) is 55.8 Å². The summed E-state index contributed by atoms with van der Waals surface area (Å²) >= 11 is 3.39. The van der Waals surface area contributed by atoms with Crippen molar-refractivity contribution in [1.82, 2.24) is 0 Å². The molecular weight excluding hydrogens is 372 g/mol. The molecule has 0 heterocycles. The normalized spacial score (nSPS) is 9.33. The summed E-state index contributed by atoms with van der Waals surface area (Å²) in [6.07, 6.45) is 5.48. The first-order valence-electron chi connectivity index (χ1n) is 6.91. The van der Waals surface area contributed by atoms with Gasteiger partial charge in [-0.25, -0.2) is 4.79 Å². The van der Waals surface area contributed by atoms with E-state index in [2.05, 4.69) is 33.7 Å². The van der Waals surface area contributed by atoms with Crippen molar-refractivity contribution < 1.29 is 19.4 Å². The van der Waals surface area contributed by atoms with Crippen molar-refractivity contribution in [3.63, 3.8) is 0 Å². The Bertz CT molecular complexity index is 823. The Hall–Kier alpha value is -2.89. The largest absolute Gasteiger partial charge is 0.482 e. The minimum absolute atomic E-state index is 0.200. The van der Waals surface area contributed by atoms with E-state index in [4.69, 9.17) is 21.0 Å². The van der Waals surface area contributed by atoms with Gasteiger partial charge >= 0.3 is 5.97 Å². The van der Waals surface area contributed by atoms with Crippen molar-refractivity contribution in [3.8, 4) is 35.7 Å². The Kier molecular flexibility index (Phi) is 6.31. The Morgan fingerprint density at radius 1 is 1.12 bits per heavy atom. The zero-order valence-corrected chi connectivity index (χ0v) is 14.2. The summed E-state index contributed by atoms with van der Waals surface area (Å²) in [6.45, 7) is -0.179. The van der Waals surface area contributed by atoms with Gasteiger partial charge in [0.1, 0.15) is 18.1 Å². The van der Waals surface area contributed by atoms with Gasteiger partial charge in [-0.15, -0.1) is 6.42 Å². The molecular formula is C19H13BrO4. The van der Waals surface area contributed by atoms with Crippen LogP contribution in [0.2, 0.25) is 0 Å². The van der Waals surface area contributed by atoms with Crippen LogP contribution in [0.15, 0.2) is 46.9 Å². The number of terminal acetylenes is 1. The molecule has 2 aromatic rings. The molecule has 0 saturated carbocycles. The van der Waals surface area contributed by atoms with Crippen molar-refractivity contribution in [1.29, 1.82) is 0 Å². The van der Waals surface area contributed by atoms with Crippen LogP contribution >= 0.6 is 15.9 Å². The molecule has 5 heteroatoms. The number of carbonyl (C=O) groups is 1. The molecule has 0 bridgehead atoms. The van der Waals surface area contributed by atoms with Crippen molar-refractivity contribution in [2.24, 2.45) is 0 Å². The van der Waals surface area contributed by atoms with E-state index < -0.39 is 5.97 Å². The van der Waals surface area contributed by atoms with Gasteiger partial charge in [-0.2, -0.15) is 0 Å². The molecule has 120 valence electrons. The van der Waals surface area contributed by atoms with E-state index in [0.717, 1.165) is 10.0 Å². The fraction of sp³-hybridized carbons (Fsp3) is 0.105. The standard InChI is InChI=1S/C19H13BrO4/c1-2-17-14(5-3-7-18(17)20)6-4-12-23-15-8-10-16(11-9-15)24-13-19(21)22/h1,3,5,7-11H,12-13H2,(H,21,22). The maximum Gasteiger partial charge on any atom is 0.341 e. The predicted octanol–water partition coefficient (Wildman–Crippen LogP) is 3.32. The molecule has 2 aromatic carbocycles. The van der Waals surface area contributed by atoms with Crippen molar-refractivity contribution in [3.05, 3.63) is 58.1 Å². The van der Waals surface area contributed by atoms with Gasteiger partial charge < -0.3 is 14.6 Å². The Morgan fingerprint density at radius 3 is 2.42 bits per heavy atom. The van der Waals surface area contributed by atoms with E-state index in [-0.39, 0.29) is 13.2 Å². The summed E-state index contributed by atoms with van der Waals surface area (Å²) < 4.78 is 11.4. The van der Waals surface area contributed by atoms with E-state index in [0.29, 0.717) is 17.1 Å². The summed E-state index contributed by atoms with van der Waals surface area (Å²) in [6, 6.07) is 12.2. The van der Waals surface area contributed by atoms with E-state index in [9.17, 15) is 4.79 Å². The van der Waals surface area contributed by atoms with Gasteiger partial charge in [0.15, 0.2) is 6.61 Å². The van der Waals surface area contributed by atoms with Crippen LogP contribution in [0.25, 0.3) is 0 Å². The number of halogens is 1. The highest BCUT2D eigenvalue weighted by atomic mass is 79.9. The lowest BCUT2D eigenvalue weighted by Crippen LogP contribution is -2.09. The SMILES string of the molecule is C#Cc1c(Br)cccc1C#CCOc1ccc(OCC(=O)O)cc1. The predicted molar refractivity (Wildman–Crippen MR) is 94.0 cm³/mol. The Balaban J connectivity index is 1.93. The van der Waals surface area contributed by atoms with Crippen LogP contribution in [0.1, 0.15) is 11.1 Å². The quantitative estimate of drug-likeness (QED) is 0.803. The fourth-order valence-corrected chi connectivity index (χ4v) is 2.28. The smallest absolute Gasteiger partial charge is 0.341 e. The highest BCUT2D eigenvalue weighted by Gasteiger charge is 2.01. The molecule has 1 N–H and O–H groups in total. The summed E-state index contributed by atoms with van der Waals surface area (Å²) in [5.41, 5.74) is 1.47. The summed E-state index contributed by atoms with van der Waals surface area (Å²) in [4.78, 5) is 10.4. The number of aliphatic carboxylic acids is 1. The Morgan fingerprint density at radius 2 is 1.79 bits per heavy atom. The number of rotatable bonds is 5. The first kappa shape index (κ1) is 17.5. The molecule has 24 heavy (non-hydrogen) atoms. The van der Waals surface area contributed by atoms with Crippen molar-refractivity contribution >= 4 is 21.9 Å². The molecule has 0 atom stereocenters. The molecule has 0 radical (unpaired) electrons. The minimum Gasteiger partial charge on any atom is -0.482 e. The second kappa shape index (κ2) is 8.67. The third-order valence-corrected chi connectivity index (χ3v) is 3.54. The molecule has 0 aromatic heterocycles. The average Bonchev–Trinajstić information content (AvgIpc) is 2.58. The molecule has 0 aliphatic rings. The molecule has 0 aliphatic carbocycles. The maximum atomic E-state index is 10.4. The molecule has 0 spiro atoms. The summed E-state index contributed by atoms with van der Waals surface area (Å²) in [7, 11) is 0. The number of hydrogen-bond acceptors (Lipinski definition) is 3. The van der Waals surface area contributed by atoms with Crippen LogP contribution in [0.3, 0.4) is 0 Å². The lowest BCUT2D eigenvalue weighted by Gasteiger charge is -2.05. The number of hydrogen-bond donors (Lipinski definition) is 1. The molecule has 0 aliphatic heterocycles. The van der Waals surface area contributed by atoms with Crippen LogP contribution < -0.4 is 9.47 Å². The van der Waals surface area contributed by atoms with E-state index in [1.54, 1.807) is 24.3 Å². The first-order valence-corrected chi connectivity index (χ1v) is 7.71. The molecule has 0 amide bonds. The molecule has 0 saturated heterocycles. The van der Waals surface area contributed by atoms with Gasteiger partial charge in [0.05, 0.1) is 5.56 Å². The summed E-state index contributed by atoms with van der Waals surface area (Å²) in [5.74, 6) is 8.54. The lowest BCUT2D eigenvalue weighted by atomic mass is 10.1. The molecule has 0 unspecified atom stereocenters. The molecule has 0 fully saturated rings. The van der Waals surface area contributed by atoms with Crippen LogP contribution in [0.5, 0.6) is 11.5 Å². The number of ether oxygens (including phenoxy) is 2. The van der Waals surface area contributed by atoms with Crippen LogP contribution in [0, 0.1) is 24.2 Å². The average molecular weight is 385 g/mol. The maximum absolute atomic E-state index is 10.4. The fourth-order valence-electron chi connectivity index (χ4n) is 1.80. The van der Waals surface area contributed by atoms with Crippen LogP contribution in [-0.4, -0.2) is 24.3 Å². The number of carboxylic acid groups (broad SMARTS) is 1. The third kappa shape index (κ3) is 5.08. The number of carboxylic acids is 1. The summed E-state index contributed by atoms with van der Waals surface area (Å²) in [5, 5.41) is 8.54. The zero-order valence-electron chi connectivity index (χ0n) is 12.6. The van der Waals surface area contributed by atoms with Gasteiger partial charge in [0, 0.05) is 10.0 Å². The zero-order chi connectivity index (χ0) is 17.4. The second-order valence-electron chi connectivity index (χ2n) is 4.55. The lowest BCUT2D eigenvalue weighted by molar-refractivity contribution is -0.139. The van der Waals surface area contributed by atoms with Crippen LogP contribution in [-0.2, 0) is 4.79 Å². The van der Waals surface area contributed by atoms with E-state index in [1.165, 1.54) is 0 Å². The van der Waals surface area contributed by atoms with Crippen LogP contribution in [0.4, 0.5) is 0 Å². The van der Waals surface area contributed by atoms with Crippen molar-refractivity contribution in [2.45, 2.75) is 0 Å². The minimum atomic E-state index is -1.02. The third-order valence-electron chi connectivity index (χ3n) is 2.88. The highest BCUT2D eigenvalue weighted by molar-refractivity contribution is 9.10. The van der Waals surface area contributed by atoms with E-state index in [1.807, 2.05) is 18.2 Å². The second-order valence-corrected chi connectivity index (χ2v) is 5.41. The van der Waals surface area contributed by atoms with Gasteiger partial charge in [0.25, 0.3) is 0 Å². The highest BCUT2D eigenvalue weighted by Crippen LogP contribution is 2.19. The Labute approximate surface area is 148 Å². The van der Waals surface area contributed by atoms with Gasteiger partial charge in [-0.3, -0.25) is 0 Å². The molecule has 2 rings (SSSR count). The number of benzene rings is 2. The van der Waals surface area contributed by atoms with Crippen molar-refractivity contribution in [2.75, 3.05) is 13.2 Å². The van der Waals surface area contributed by atoms with Gasteiger partial charge in [-0.05, 0) is 52.3 Å². The monoisotopic (exact) mass is 384 g/mol. The van der Waals surface area contributed by atoms with Gasteiger partial charge in [0.2, 0.25) is 0 Å².